The van der Waals surface area contributed by atoms with E-state index in [1.54, 1.807) is 0 Å². The van der Waals surface area contributed by atoms with Crippen LogP contribution < -0.4 is 0 Å². The van der Waals surface area contributed by atoms with Crippen molar-refractivity contribution in [1.29, 1.82) is 0 Å². The first-order valence-electron chi connectivity index (χ1n) is 9.09. The minimum Gasteiger partial charge on any atom is -0.507 e. The summed E-state index contributed by atoms with van der Waals surface area (Å²) in [7, 11) is 0. The molecule has 0 saturated heterocycles. The topological polar surface area (TPSA) is 68.1 Å². The number of phenols is 1. The summed E-state index contributed by atoms with van der Waals surface area (Å²) in [6, 6.07) is 3.98. The van der Waals surface area contributed by atoms with Crippen molar-refractivity contribution in [1.82, 2.24) is 0 Å². The van der Waals surface area contributed by atoms with Crippen molar-refractivity contribution in [2.45, 2.75) is 84.8 Å². The Morgan fingerprint density at radius 2 is 1.69 bits per heavy atom. The number of aromatic hydroxyl groups is 1. The van der Waals surface area contributed by atoms with E-state index in [-0.39, 0.29) is 29.0 Å². The van der Waals surface area contributed by atoms with Gasteiger partial charge in [0.05, 0.1) is 5.71 Å². The summed E-state index contributed by atoms with van der Waals surface area (Å²) in [5.74, 6) is 0.0160. The highest BCUT2D eigenvalue weighted by atomic mass is 16.7. The molecule has 0 aromatic heterocycles. The van der Waals surface area contributed by atoms with Gasteiger partial charge in [-0.2, -0.15) is 0 Å². The number of rotatable bonds is 3. The predicted octanol–water partition coefficient (Wildman–Crippen LogP) is 4.43. The number of carbonyl (C=O) groups excluding carboxylic acids is 1. The Labute approximate surface area is 156 Å². The average Bonchev–Trinajstić information content (AvgIpc) is 2.94. The molecule has 1 unspecified atom stereocenters. The molecular formula is C21H31NO4. The van der Waals surface area contributed by atoms with Crippen molar-refractivity contribution in [2.24, 2.45) is 5.16 Å². The number of hydrogen-bond donors (Lipinski definition) is 1. The molecule has 1 N–H and O–H groups in total. The zero-order valence-corrected chi connectivity index (χ0v) is 17.1. The molecule has 0 radical (unpaired) electrons. The fourth-order valence-corrected chi connectivity index (χ4v) is 3.10. The van der Waals surface area contributed by atoms with Crippen LogP contribution in [0.15, 0.2) is 17.3 Å². The maximum Gasteiger partial charge on any atom is 0.303 e. The van der Waals surface area contributed by atoms with Gasteiger partial charge in [-0.05, 0) is 29.9 Å². The van der Waals surface area contributed by atoms with E-state index >= 15 is 0 Å². The fraction of sp³-hybridized carbons (Fsp3) is 0.619. The van der Waals surface area contributed by atoms with Gasteiger partial charge in [-0.3, -0.25) is 4.79 Å². The number of phenolic OH excluding ortho intramolecular Hbond substituents is 1. The highest BCUT2D eigenvalue weighted by molar-refractivity contribution is 6.02. The largest absolute Gasteiger partial charge is 0.507 e. The number of esters is 1. The van der Waals surface area contributed by atoms with Crippen LogP contribution in [0.5, 0.6) is 5.75 Å². The van der Waals surface area contributed by atoms with E-state index in [9.17, 15) is 9.90 Å². The lowest BCUT2D eigenvalue weighted by Crippen LogP contribution is -2.28. The molecule has 0 aliphatic carbocycles. The number of carbonyl (C=O) groups is 1. The lowest BCUT2D eigenvalue weighted by Gasteiger charge is -2.28. The quantitative estimate of drug-likeness (QED) is 0.809. The third kappa shape index (κ3) is 4.37. The Bertz CT molecular complexity index is 688. The van der Waals surface area contributed by atoms with Crippen LogP contribution in [0.3, 0.4) is 0 Å². The average molecular weight is 361 g/mol. The van der Waals surface area contributed by atoms with Gasteiger partial charge >= 0.3 is 5.97 Å². The fourth-order valence-electron chi connectivity index (χ4n) is 3.10. The Hall–Kier alpha value is -2.04. The van der Waals surface area contributed by atoms with E-state index in [2.05, 4.69) is 46.7 Å². The molecule has 1 aliphatic heterocycles. The zero-order valence-electron chi connectivity index (χ0n) is 17.1. The lowest BCUT2D eigenvalue weighted by molar-refractivity contribution is -0.152. The molecule has 1 aromatic rings. The van der Waals surface area contributed by atoms with Crippen LogP contribution in [0.25, 0.3) is 0 Å². The molecule has 0 amide bonds. The highest BCUT2D eigenvalue weighted by Crippen LogP contribution is 2.40. The number of oxime groups is 1. The first kappa shape index (κ1) is 20.3. The highest BCUT2D eigenvalue weighted by Gasteiger charge is 2.32. The summed E-state index contributed by atoms with van der Waals surface area (Å²) in [6.07, 6.45) is -0.0965. The molecule has 1 heterocycles. The Balaban J connectivity index is 2.40. The second-order valence-electron chi connectivity index (χ2n) is 9.12. The molecular weight excluding hydrogens is 330 g/mol. The molecule has 0 saturated carbocycles. The number of nitrogens with zero attached hydrogens (tertiary/aromatic N) is 1. The molecule has 2 atom stereocenters. The molecule has 0 spiro atoms. The number of benzene rings is 1. The van der Waals surface area contributed by atoms with Crippen LogP contribution in [0, 0.1) is 0 Å². The van der Waals surface area contributed by atoms with Crippen LogP contribution >= 0.6 is 0 Å². The third-order valence-corrected chi connectivity index (χ3v) is 4.63. The molecule has 0 fully saturated rings. The van der Waals surface area contributed by atoms with Gasteiger partial charge in [0, 0.05) is 30.0 Å². The van der Waals surface area contributed by atoms with E-state index in [1.165, 1.54) is 6.92 Å². The summed E-state index contributed by atoms with van der Waals surface area (Å²) in [5.41, 5.74) is 3.12. The minimum atomic E-state index is -0.366. The normalized spacial score (nSPS) is 18.9. The van der Waals surface area contributed by atoms with Crippen LogP contribution in [-0.2, 0) is 25.2 Å². The van der Waals surface area contributed by atoms with Crippen LogP contribution in [-0.4, -0.2) is 29.0 Å². The summed E-state index contributed by atoms with van der Waals surface area (Å²) in [5, 5.41) is 15.1. The predicted molar refractivity (Wildman–Crippen MR) is 103 cm³/mol. The minimum absolute atomic E-state index is 0.204. The smallest absolute Gasteiger partial charge is 0.303 e. The van der Waals surface area contributed by atoms with Crippen molar-refractivity contribution < 1.29 is 19.5 Å². The summed E-state index contributed by atoms with van der Waals surface area (Å²) >= 11 is 0. The molecule has 2 rings (SSSR count). The van der Waals surface area contributed by atoms with Crippen molar-refractivity contribution in [2.75, 3.05) is 0 Å². The van der Waals surface area contributed by atoms with Gasteiger partial charge in [0.25, 0.3) is 0 Å². The van der Waals surface area contributed by atoms with Gasteiger partial charge in [0.1, 0.15) is 11.9 Å². The van der Waals surface area contributed by atoms with Gasteiger partial charge in [0.2, 0.25) is 0 Å². The maximum atomic E-state index is 11.2. The van der Waals surface area contributed by atoms with Gasteiger partial charge in [0.15, 0.2) is 6.10 Å². The molecule has 144 valence electrons. The molecule has 1 aromatic carbocycles. The SMILES string of the molecule is CC(=O)O[C@@H](C)C1CC(c2cc(C(C)(C)C)c(O)c(C(C)(C)C)c2)=NO1. The molecule has 1 aliphatic rings. The van der Waals surface area contributed by atoms with Crippen molar-refractivity contribution in [3.63, 3.8) is 0 Å². The lowest BCUT2D eigenvalue weighted by atomic mass is 9.78. The van der Waals surface area contributed by atoms with E-state index in [1.807, 2.05) is 19.1 Å². The maximum absolute atomic E-state index is 11.2. The second kappa shape index (κ2) is 6.93. The van der Waals surface area contributed by atoms with E-state index in [4.69, 9.17) is 9.57 Å². The summed E-state index contributed by atoms with van der Waals surface area (Å²) in [6.45, 7) is 15.7. The zero-order chi connectivity index (χ0) is 19.9. The Morgan fingerprint density at radius 3 is 2.12 bits per heavy atom. The van der Waals surface area contributed by atoms with Gasteiger partial charge < -0.3 is 14.7 Å². The summed E-state index contributed by atoms with van der Waals surface area (Å²) in [4.78, 5) is 16.7. The van der Waals surface area contributed by atoms with Crippen LogP contribution in [0.2, 0.25) is 0 Å². The van der Waals surface area contributed by atoms with E-state index in [0.717, 1.165) is 22.4 Å². The van der Waals surface area contributed by atoms with Gasteiger partial charge in [-0.25, -0.2) is 0 Å². The van der Waals surface area contributed by atoms with Crippen molar-refractivity contribution >= 4 is 11.7 Å². The third-order valence-electron chi connectivity index (χ3n) is 4.63. The first-order chi connectivity index (χ1) is 11.8. The van der Waals surface area contributed by atoms with Crippen LogP contribution in [0.1, 0.15) is 78.5 Å². The summed E-state index contributed by atoms with van der Waals surface area (Å²) < 4.78 is 5.22. The molecule has 26 heavy (non-hydrogen) atoms. The van der Waals surface area contributed by atoms with E-state index in [0.29, 0.717) is 12.2 Å². The number of ether oxygens (including phenoxy) is 1. The standard InChI is InChI=1S/C21H31NO4/c1-12(25-13(2)23)18-11-17(22-26-18)14-9-15(20(3,4)5)19(24)16(10-14)21(6,7)8/h9-10,12,18,24H,11H2,1-8H3/t12-,18?/m0/s1. The van der Waals surface area contributed by atoms with E-state index < -0.39 is 0 Å². The van der Waals surface area contributed by atoms with Crippen molar-refractivity contribution in [3.05, 3.63) is 28.8 Å². The van der Waals surface area contributed by atoms with Crippen molar-refractivity contribution in [3.8, 4) is 5.75 Å². The van der Waals surface area contributed by atoms with Gasteiger partial charge in [-0.1, -0.05) is 46.7 Å². The Morgan fingerprint density at radius 1 is 1.19 bits per heavy atom. The first-order valence-corrected chi connectivity index (χ1v) is 9.09. The Kier molecular flexibility index (Phi) is 5.41. The molecule has 5 heteroatoms. The van der Waals surface area contributed by atoms with Gasteiger partial charge in [-0.15, -0.1) is 0 Å². The number of hydrogen-bond acceptors (Lipinski definition) is 5. The monoisotopic (exact) mass is 361 g/mol. The molecule has 5 nitrogen and oxygen atoms in total. The second-order valence-corrected chi connectivity index (χ2v) is 9.12. The molecule has 0 bridgehead atoms. The van der Waals surface area contributed by atoms with Crippen LogP contribution in [0.4, 0.5) is 0 Å².